The second kappa shape index (κ2) is 8.73. The summed E-state index contributed by atoms with van der Waals surface area (Å²) in [4.78, 5) is 18.7. The van der Waals surface area contributed by atoms with Gasteiger partial charge in [0.15, 0.2) is 0 Å². The van der Waals surface area contributed by atoms with E-state index in [1.54, 1.807) is 24.5 Å². The smallest absolute Gasteiger partial charge is 0.242 e. The van der Waals surface area contributed by atoms with Crippen molar-refractivity contribution in [3.8, 4) is 0 Å². The van der Waals surface area contributed by atoms with E-state index in [0.29, 0.717) is 12.1 Å². The van der Waals surface area contributed by atoms with Crippen molar-refractivity contribution in [2.45, 2.75) is 31.5 Å². The molecule has 1 aliphatic heterocycles. The van der Waals surface area contributed by atoms with E-state index in [4.69, 9.17) is 0 Å². The molecule has 0 spiro atoms. The number of aliphatic hydroxyl groups excluding tert-OH is 1. The molecule has 0 unspecified atom stereocenters. The molecule has 2 heterocycles. The summed E-state index contributed by atoms with van der Waals surface area (Å²) in [7, 11) is 0. The van der Waals surface area contributed by atoms with Crippen molar-refractivity contribution < 1.29 is 9.90 Å². The number of hydrogen-bond acceptors (Lipinski definition) is 4. The zero-order chi connectivity index (χ0) is 17.6. The molecule has 2 atom stereocenters. The summed E-state index contributed by atoms with van der Waals surface area (Å²) in [5, 5.41) is 14.1. The highest BCUT2D eigenvalue weighted by molar-refractivity contribution is 14.1. The Morgan fingerprint density at radius 2 is 1.80 bits per heavy atom. The van der Waals surface area contributed by atoms with Crippen LogP contribution in [0.1, 0.15) is 30.1 Å². The van der Waals surface area contributed by atoms with Crippen molar-refractivity contribution in [3.63, 3.8) is 0 Å². The molecule has 1 saturated heterocycles. The number of halogens is 1. The summed E-state index contributed by atoms with van der Waals surface area (Å²) in [6.07, 6.45) is 4.42. The van der Waals surface area contributed by atoms with Gasteiger partial charge >= 0.3 is 0 Å². The number of carbonyl (C=O) groups is 1. The van der Waals surface area contributed by atoms with Crippen molar-refractivity contribution in [2.75, 3.05) is 13.1 Å². The normalized spacial score (nSPS) is 16.6. The third-order valence-corrected chi connectivity index (χ3v) is 5.21. The first-order valence-corrected chi connectivity index (χ1v) is 9.57. The standard InChI is InChI=1S/C19H22IN3O2/c20-16-5-3-14(4-6-16)13-22-17(19(25)23-11-1-2-12-23)18(24)15-7-9-21-10-8-15/h3-10,17-18,22,24H,1-2,11-13H2/t17-,18+/m1/s1. The van der Waals surface area contributed by atoms with Crippen molar-refractivity contribution in [3.05, 3.63) is 63.5 Å². The van der Waals surface area contributed by atoms with Crippen molar-refractivity contribution in [1.82, 2.24) is 15.2 Å². The van der Waals surface area contributed by atoms with Gasteiger partial charge in [0.2, 0.25) is 5.91 Å². The van der Waals surface area contributed by atoms with Crippen LogP contribution in [-0.4, -0.2) is 40.0 Å². The van der Waals surface area contributed by atoms with E-state index >= 15 is 0 Å². The number of rotatable bonds is 6. The summed E-state index contributed by atoms with van der Waals surface area (Å²) < 4.78 is 1.17. The molecule has 0 saturated carbocycles. The predicted octanol–water partition coefficient (Wildman–Crippen LogP) is 2.50. The zero-order valence-electron chi connectivity index (χ0n) is 13.9. The lowest BCUT2D eigenvalue weighted by Gasteiger charge is -2.28. The molecular formula is C19H22IN3O2. The highest BCUT2D eigenvalue weighted by atomic mass is 127. The number of amides is 1. The Morgan fingerprint density at radius 3 is 2.44 bits per heavy atom. The molecule has 0 bridgehead atoms. The highest BCUT2D eigenvalue weighted by Gasteiger charge is 2.32. The first-order valence-electron chi connectivity index (χ1n) is 8.50. The molecule has 5 nitrogen and oxygen atoms in total. The average molecular weight is 451 g/mol. The van der Waals surface area contributed by atoms with E-state index in [9.17, 15) is 9.90 Å². The van der Waals surface area contributed by atoms with E-state index in [2.05, 4.69) is 32.9 Å². The SMILES string of the molecule is O=C([C@H](NCc1ccc(I)cc1)[C@@H](O)c1ccncc1)N1CCCC1. The molecule has 2 N–H and O–H groups in total. The largest absolute Gasteiger partial charge is 0.386 e. The molecule has 25 heavy (non-hydrogen) atoms. The predicted molar refractivity (Wildman–Crippen MR) is 105 cm³/mol. The Labute approximate surface area is 161 Å². The maximum atomic E-state index is 12.9. The Morgan fingerprint density at radius 1 is 1.16 bits per heavy atom. The minimum atomic E-state index is -0.903. The van der Waals surface area contributed by atoms with Crippen molar-refractivity contribution in [2.24, 2.45) is 0 Å². The Hall–Kier alpha value is -1.51. The van der Waals surface area contributed by atoms with Crippen LogP contribution in [0, 0.1) is 3.57 Å². The zero-order valence-corrected chi connectivity index (χ0v) is 16.1. The van der Waals surface area contributed by atoms with Crippen LogP contribution in [0.4, 0.5) is 0 Å². The van der Waals surface area contributed by atoms with Crippen molar-refractivity contribution in [1.29, 1.82) is 0 Å². The van der Waals surface area contributed by atoms with E-state index in [1.807, 2.05) is 29.2 Å². The molecule has 1 aliphatic rings. The molecule has 0 radical (unpaired) electrons. The molecule has 3 rings (SSSR count). The number of nitrogens with one attached hydrogen (secondary N) is 1. The van der Waals surface area contributed by atoms with E-state index in [0.717, 1.165) is 31.5 Å². The van der Waals surface area contributed by atoms with E-state index in [-0.39, 0.29) is 5.91 Å². The molecule has 6 heteroatoms. The number of carbonyl (C=O) groups excluding carboxylic acids is 1. The lowest BCUT2D eigenvalue weighted by Crippen LogP contribution is -2.48. The lowest BCUT2D eigenvalue weighted by atomic mass is 10.0. The van der Waals surface area contributed by atoms with Crippen LogP contribution in [-0.2, 0) is 11.3 Å². The van der Waals surface area contributed by atoms with Crippen LogP contribution in [0.25, 0.3) is 0 Å². The number of likely N-dealkylation sites (tertiary alicyclic amines) is 1. The van der Waals surface area contributed by atoms with Crippen molar-refractivity contribution >= 4 is 28.5 Å². The van der Waals surface area contributed by atoms with Crippen LogP contribution < -0.4 is 5.32 Å². The number of aliphatic hydroxyl groups is 1. The minimum Gasteiger partial charge on any atom is -0.386 e. The fourth-order valence-electron chi connectivity index (χ4n) is 3.05. The van der Waals surface area contributed by atoms with Gasteiger partial charge < -0.3 is 10.0 Å². The van der Waals surface area contributed by atoms with Crippen LogP contribution >= 0.6 is 22.6 Å². The third kappa shape index (κ3) is 4.77. The molecule has 1 fully saturated rings. The number of pyridine rings is 1. The van der Waals surface area contributed by atoms with E-state index < -0.39 is 12.1 Å². The fraction of sp³-hybridized carbons (Fsp3) is 0.368. The third-order valence-electron chi connectivity index (χ3n) is 4.49. The van der Waals surface area contributed by atoms with Gasteiger partial charge in [-0.3, -0.25) is 15.1 Å². The number of benzene rings is 1. The maximum Gasteiger partial charge on any atom is 0.242 e. The van der Waals surface area contributed by atoms with Gasteiger partial charge in [-0.25, -0.2) is 0 Å². The maximum absolute atomic E-state index is 12.9. The van der Waals surface area contributed by atoms with Gasteiger partial charge in [0.05, 0.1) is 0 Å². The van der Waals surface area contributed by atoms with Gasteiger partial charge in [-0.05, 0) is 70.8 Å². The molecule has 132 valence electrons. The van der Waals surface area contributed by atoms with Crippen LogP contribution in [0.15, 0.2) is 48.8 Å². The van der Waals surface area contributed by atoms with Gasteiger partial charge in [0.25, 0.3) is 0 Å². The second-order valence-corrected chi connectivity index (χ2v) is 7.49. The molecule has 0 aliphatic carbocycles. The lowest BCUT2D eigenvalue weighted by molar-refractivity contribution is -0.135. The van der Waals surface area contributed by atoms with Crippen LogP contribution in [0.5, 0.6) is 0 Å². The summed E-state index contributed by atoms with van der Waals surface area (Å²) in [6.45, 7) is 2.07. The van der Waals surface area contributed by atoms with Crippen LogP contribution in [0.2, 0.25) is 0 Å². The summed E-state index contributed by atoms with van der Waals surface area (Å²) in [5.41, 5.74) is 1.78. The summed E-state index contributed by atoms with van der Waals surface area (Å²) in [6, 6.07) is 11.0. The summed E-state index contributed by atoms with van der Waals surface area (Å²) >= 11 is 2.27. The number of nitrogens with zero attached hydrogens (tertiary/aromatic N) is 2. The molecular weight excluding hydrogens is 429 g/mol. The monoisotopic (exact) mass is 451 g/mol. The Balaban J connectivity index is 1.75. The Bertz CT molecular complexity index is 688. The van der Waals surface area contributed by atoms with E-state index in [1.165, 1.54) is 3.57 Å². The fourth-order valence-corrected chi connectivity index (χ4v) is 3.41. The first kappa shape index (κ1) is 18.3. The van der Waals surface area contributed by atoms with Crippen LogP contribution in [0.3, 0.4) is 0 Å². The quantitative estimate of drug-likeness (QED) is 0.663. The Kier molecular flexibility index (Phi) is 6.39. The molecule has 2 aromatic rings. The van der Waals surface area contributed by atoms with Gasteiger partial charge in [-0.15, -0.1) is 0 Å². The number of aromatic nitrogens is 1. The first-order chi connectivity index (χ1) is 12.1. The minimum absolute atomic E-state index is 0.0349. The molecule has 1 amide bonds. The van der Waals surface area contributed by atoms with Gasteiger partial charge in [0, 0.05) is 35.6 Å². The topological polar surface area (TPSA) is 65.5 Å². The molecule has 1 aromatic carbocycles. The average Bonchev–Trinajstić information content (AvgIpc) is 3.18. The number of hydrogen-bond donors (Lipinski definition) is 2. The van der Waals surface area contributed by atoms with Gasteiger partial charge in [-0.1, -0.05) is 12.1 Å². The van der Waals surface area contributed by atoms with Gasteiger partial charge in [0.1, 0.15) is 12.1 Å². The second-order valence-electron chi connectivity index (χ2n) is 6.24. The highest BCUT2D eigenvalue weighted by Crippen LogP contribution is 2.20. The molecule has 1 aromatic heterocycles. The van der Waals surface area contributed by atoms with Gasteiger partial charge in [-0.2, -0.15) is 0 Å². The summed E-state index contributed by atoms with van der Waals surface area (Å²) in [5.74, 6) is -0.0349.